The van der Waals surface area contributed by atoms with E-state index < -0.39 is 65.9 Å². The van der Waals surface area contributed by atoms with Crippen LogP contribution in [0.3, 0.4) is 0 Å². The molecule has 0 aromatic heterocycles. The van der Waals surface area contributed by atoms with Gasteiger partial charge in [-0.3, -0.25) is 19.2 Å². The van der Waals surface area contributed by atoms with E-state index in [2.05, 4.69) is 5.32 Å². The van der Waals surface area contributed by atoms with E-state index in [-0.39, 0.29) is 43.4 Å². The predicted molar refractivity (Wildman–Crippen MR) is 137 cm³/mol. The lowest BCUT2D eigenvalue weighted by molar-refractivity contribution is -0.175. The maximum absolute atomic E-state index is 14.7. The Hall–Kier alpha value is -3.89. The van der Waals surface area contributed by atoms with Gasteiger partial charge in [0.2, 0.25) is 17.4 Å². The fraction of sp³-hybridized carbons (Fsp3) is 0.607. The average molecular weight is 594 g/mol. The van der Waals surface area contributed by atoms with Gasteiger partial charge < -0.3 is 25.2 Å². The zero-order valence-corrected chi connectivity index (χ0v) is 22.9. The number of benzene rings is 1. The van der Waals surface area contributed by atoms with Crippen molar-refractivity contribution in [3.05, 3.63) is 29.6 Å². The molecule has 5 rings (SSSR count). The largest absolute Gasteiger partial charge is 0.472 e. The summed E-state index contributed by atoms with van der Waals surface area (Å²) in [5.41, 5.74) is -1.39. The standard InChI is InChI=1S/C28H31F4N5O5/c1-36(23(38)20(9-15-5-6-15)35-26(41)28(30,31)32)21(10-16-7-8-16)24(39)37-14-27(11-18(37)12-33)25(40)34-13-17-3-2-4-19(29)22(17)42-27/h2-4,15-16,18,20-21H,5-11,13-14H2,1H3,(H,34,40)(H,35,41)/t18-,20-,21-,27+/m0/s1. The highest BCUT2D eigenvalue weighted by Crippen LogP contribution is 2.40. The van der Waals surface area contributed by atoms with E-state index in [0.717, 1.165) is 22.6 Å². The average Bonchev–Trinajstić information content (AvgIpc) is 3.88. The van der Waals surface area contributed by atoms with Gasteiger partial charge in [0.15, 0.2) is 11.6 Å². The SMILES string of the molecule is CN(C(=O)[C@H](CC1CC1)NC(=O)C(F)(F)F)[C@@H](CC1CC1)C(=O)N1C[C@@]2(C[C@H]1C#N)Oc1c(F)cccc1CNC2=O. The van der Waals surface area contributed by atoms with Gasteiger partial charge in [0, 0.05) is 25.6 Å². The Morgan fingerprint density at radius 3 is 2.50 bits per heavy atom. The Labute approximate surface area is 239 Å². The van der Waals surface area contributed by atoms with Crippen molar-refractivity contribution in [1.82, 2.24) is 20.4 Å². The highest BCUT2D eigenvalue weighted by atomic mass is 19.4. The van der Waals surface area contributed by atoms with E-state index in [0.29, 0.717) is 18.4 Å². The molecule has 1 aromatic rings. The number of likely N-dealkylation sites (N-methyl/N-ethyl adjacent to an activating group) is 1. The number of fused-ring (bicyclic) bond motifs is 1. The smallest absolute Gasteiger partial charge is 0.471 e. The molecule has 2 N–H and O–H groups in total. The van der Waals surface area contributed by atoms with Crippen molar-refractivity contribution in [2.45, 2.75) is 81.4 Å². The van der Waals surface area contributed by atoms with Crippen LogP contribution in [0.1, 0.15) is 50.5 Å². The number of hydrogen-bond acceptors (Lipinski definition) is 6. The third kappa shape index (κ3) is 6.00. The third-order valence-electron chi connectivity index (χ3n) is 8.44. The molecule has 0 unspecified atom stereocenters. The number of rotatable bonds is 8. The van der Waals surface area contributed by atoms with E-state index in [9.17, 15) is 42.0 Å². The van der Waals surface area contributed by atoms with Gasteiger partial charge in [0.25, 0.3) is 5.91 Å². The fourth-order valence-corrected chi connectivity index (χ4v) is 5.68. The Bertz CT molecular complexity index is 1320. The number of para-hydroxylation sites is 1. The summed E-state index contributed by atoms with van der Waals surface area (Å²) < 4.78 is 59.8. The van der Waals surface area contributed by atoms with Gasteiger partial charge >= 0.3 is 12.1 Å². The predicted octanol–water partition coefficient (Wildman–Crippen LogP) is 2.17. The van der Waals surface area contributed by atoms with Crippen LogP contribution in [0.2, 0.25) is 0 Å². The van der Waals surface area contributed by atoms with Crippen molar-refractivity contribution in [3.8, 4) is 11.8 Å². The Morgan fingerprint density at radius 2 is 1.88 bits per heavy atom. The molecule has 2 aliphatic heterocycles. The summed E-state index contributed by atoms with van der Waals surface area (Å²) in [5.74, 6) is -5.20. The lowest BCUT2D eigenvalue weighted by atomic mass is 9.99. The molecule has 2 saturated carbocycles. The molecular formula is C28H31F4N5O5. The number of carbonyl (C=O) groups excluding carboxylic acids is 4. The minimum atomic E-state index is -5.19. The number of hydrogen-bond donors (Lipinski definition) is 2. The summed E-state index contributed by atoms with van der Waals surface area (Å²) in [4.78, 5) is 54.7. The van der Waals surface area contributed by atoms with Gasteiger partial charge in [-0.1, -0.05) is 37.8 Å². The Morgan fingerprint density at radius 1 is 1.21 bits per heavy atom. The second-order valence-electron chi connectivity index (χ2n) is 11.7. The molecule has 2 aliphatic carbocycles. The van der Waals surface area contributed by atoms with Crippen LogP contribution in [0.4, 0.5) is 17.6 Å². The fourth-order valence-electron chi connectivity index (χ4n) is 5.68. The molecule has 2 heterocycles. The van der Waals surface area contributed by atoms with Gasteiger partial charge in [-0.05, 0) is 30.7 Å². The molecule has 42 heavy (non-hydrogen) atoms. The lowest BCUT2D eigenvalue weighted by Gasteiger charge is -2.34. The number of nitriles is 1. The molecular weight excluding hydrogens is 562 g/mol. The van der Waals surface area contributed by atoms with E-state index >= 15 is 0 Å². The van der Waals surface area contributed by atoms with Crippen molar-refractivity contribution >= 4 is 23.6 Å². The van der Waals surface area contributed by atoms with Gasteiger partial charge in [0.1, 0.15) is 18.1 Å². The number of ether oxygens (including phenoxy) is 1. The van der Waals surface area contributed by atoms with E-state index in [1.165, 1.54) is 19.2 Å². The molecule has 14 heteroatoms. The van der Waals surface area contributed by atoms with Gasteiger partial charge in [-0.15, -0.1) is 0 Å². The quantitative estimate of drug-likeness (QED) is 0.445. The number of halogens is 4. The van der Waals surface area contributed by atoms with Gasteiger partial charge in [-0.25, -0.2) is 4.39 Å². The Kier molecular flexibility index (Phi) is 7.80. The van der Waals surface area contributed by atoms with Gasteiger partial charge in [0.05, 0.1) is 12.6 Å². The monoisotopic (exact) mass is 593 g/mol. The maximum Gasteiger partial charge on any atom is 0.471 e. The molecule has 3 fully saturated rings. The minimum absolute atomic E-state index is 0.00195. The minimum Gasteiger partial charge on any atom is -0.472 e. The van der Waals surface area contributed by atoms with Crippen molar-refractivity contribution in [3.63, 3.8) is 0 Å². The first-order valence-electron chi connectivity index (χ1n) is 13.9. The van der Waals surface area contributed by atoms with E-state index in [1.54, 1.807) is 11.4 Å². The number of carbonyl (C=O) groups is 4. The van der Waals surface area contributed by atoms with Crippen LogP contribution in [0.15, 0.2) is 18.2 Å². The molecule has 4 aliphatic rings. The summed E-state index contributed by atoms with van der Waals surface area (Å²) in [6, 6.07) is 2.41. The molecule has 0 radical (unpaired) electrons. The molecule has 4 amide bonds. The van der Waals surface area contributed by atoms with Crippen LogP contribution in [0, 0.1) is 29.0 Å². The first-order valence-corrected chi connectivity index (χ1v) is 13.9. The highest BCUT2D eigenvalue weighted by Gasteiger charge is 2.56. The van der Waals surface area contributed by atoms with Crippen LogP contribution in [0.5, 0.6) is 5.75 Å². The lowest BCUT2D eigenvalue weighted by Crippen LogP contribution is -2.58. The second-order valence-corrected chi connectivity index (χ2v) is 11.7. The van der Waals surface area contributed by atoms with Crippen LogP contribution < -0.4 is 15.4 Å². The maximum atomic E-state index is 14.7. The van der Waals surface area contributed by atoms with Crippen LogP contribution in [0.25, 0.3) is 0 Å². The first-order chi connectivity index (χ1) is 19.8. The van der Waals surface area contributed by atoms with Crippen molar-refractivity contribution in [2.24, 2.45) is 11.8 Å². The molecule has 0 bridgehead atoms. The molecule has 4 atom stereocenters. The van der Waals surface area contributed by atoms with E-state index in [4.69, 9.17) is 4.74 Å². The Balaban J connectivity index is 1.40. The topological polar surface area (TPSA) is 132 Å². The molecule has 1 spiro atoms. The van der Waals surface area contributed by atoms with Crippen molar-refractivity contribution in [1.29, 1.82) is 5.26 Å². The summed E-state index contributed by atoms with van der Waals surface area (Å²) in [6.07, 6.45) is -2.25. The second kappa shape index (κ2) is 11.1. The zero-order valence-electron chi connectivity index (χ0n) is 22.9. The highest BCUT2D eigenvalue weighted by molar-refractivity contribution is 5.94. The van der Waals surface area contributed by atoms with Crippen molar-refractivity contribution < 1.29 is 41.5 Å². The molecule has 10 nitrogen and oxygen atoms in total. The van der Waals surface area contributed by atoms with E-state index in [1.807, 2.05) is 6.07 Å². The number of nitrogens with one attached hydrogen (secondary N) is 2. The van der Waals surface area contributed by atoms with Crippen LogP contribution in [-0.4, -0.2) is 76.9 Å². The summed E-state index contributed by atoms with van der Waals surface area (Å²) in [6.45, 7) is -0.421. The summed E-state index contributed by atoms with van der Waals surface area (Å²) >= 11 is 0. The molecule has 226 valence electrons. The summed E-state index contributed by atoms with van der Waals surface area (Å²) in [7, 11) is 1.29. The number of nitrogens with zero attached hydrogens (tertiary/aromatic N) is 3. The molecule has 1 aromatic carbocycles. The third-order valence-corrected chi connectivity index (χ3v) is 8.44. The summed E-state index contributed by atoms with van der Waals surface area (Å²) in [5, 5.41) is 14.4. The van der Waals surface area contributed by atoms with Crippen molar-refractivity contribution in [2.75, 3.05) is 13.6 Å². The van der Waals surface area contributed by atoms with Crippen LogP contribution in [-0.2, 0) is 25.7 Å². The van der Waals surface area contributed by atoms with Crippen LogP contribution >= 0.6 is 0 Å². The number of likely N-dealkylation sites (tertiary alicyclic amines) is 1. The number of alkyl halides is 3. The normalized spacial score (nSPS) is 24.9. The molecule has 1 saturated heterocycles. The first kappa shape index (κ1) is 29.6. The zero-order chi connectivity index (χ0) is 30.4. The number of amides is 4. The van der Waals surface area contributed by atoms with Gasteiger partial charge in [-0.2, -0.15) is 18.4 Å².